The van der Waals surface area contributed by atoms with E-state index in [2.05, 4.69) is 27.8 Å². The second-order valence-electron chi connectivity index (χ2n) is 10.7. The van der Waals surface area contributed by atoms with E-state index in [1.54, 1.807) is 12.1 Å². The third-order valence-electron chi connectivity index (χ3n) is 7.32. The molecular weight excluding hydrogens is 544 g/mol. The summed E-state index contributed by atoms with van der Waals surface area (Å²) < 4.78 is 0. The first-order valence-corrected chi connectivity index (χ1v) is 15.3. The van der Waals surface area contributed by atoms with Crippen LogP contribution in [0.5, 0.6) is 0 Å². The normalized spacial score (nSPS) is 13.9. The number of amides is 3. The highest BCUT2D eigenvalue weighted by atomic mass is 16.2. The summed E-state index contributed by atoms with van der Waals surface area (Å²) in [5, 5.41) is 5.17. The van der Waals surface area contributed by atoms with E-state index >= 15 is 0 Å². The fourth-order valence-corrected chi connectivity index (χ4v) is 4.94. The number of nitrogens with zero attached hydrogens (tertiary/aromatic N) is 2. The molecule has 1 fully saturated rings. The van der Waals surface area contributed by atoms with Crippen LogP contribution in [0.1, 0.15) is 79.8 Å². The molecular formula is C33H48N6O4. The lowest BCUT2D eigenvalue weighted by Gasteiger charge is -2.28. The second kappa shape index (κ2) is 20.6. The van der Waals surface area contributed by atoms with Gasteiger partial charge in [0.05, 0.1) is 6.54 Å². The quantitative estimate of drug-likeness (QED) is 0.136. The number of guanidine groups is 1. The Labute approximate surface area is 255 Å². The van der Waals surface area contributed by atoms with Crippen molar-refractivity contribution in [1.82, 2.24) is 15.5 Å². The first-order chi connectivity index (χ1) is 20.8. The Balaban J connectivity index is 0.000000263. The number of rotatable bonds is 11. The summed E-state index contributed by atoms with van der Waals surface area (Å²) in [5.74, 6) is 0.832. The minimum Gasteiger partial charge on any atom is -0.370 e. The number of fused-ring (bicyclic) bond motifs is 1. The summed E-state index contributed by atoms with van der Waals surface area (Å²) in [4.78, 5) is 51.0. The van der Waals surface area contributed by atoms with Crippen molar-refractivity contribution in [3.8, 4) is 0 Å². The highest BCUT2D eigenvalue weighted by molar-refractivity contribution is 5.97. The molecule has 2 aromatic rings. The van der Waals surface area contributed by atoms with Crippen LogP contribution in [-0.2, 0) is 27.3 Å². The molecule has 2 aromatic carbocycles. The molecule has 0 spiro atoms. The van der Waals surface area contributed by atoms with Crippen molar-refractivity contribution in [2.24, 2.45) is 22.4 Å². The molecule has 0 atom stereocenters. The number of Topliss-reactive ketones (excluding diaryl/α,β-unsaturated/α-hetero) is 1. The molecule has 0 unspecified atom stereocenters. The Morgan fingerprint density at radius 3 is 2.26 bits per heavy atom. The first kappa shape index (κ1) is 35.0. The van der Waals surface area contributed by atoms with Crippen LogP contribution in [0.2, 0.25) is 0 Å². The summed E-state index contributed by atoms with van der Waals surface area (Å²) in [7, 11) is 0. The van der Waals surface area contributed by atoms with Crippen LogP contribution >= 0.6 is 0 Å². The Kier molecular flexibility index (Phi) is 16.8. The van der Waals surface area contributed by atoms with Gasteiger partial charge in [0.2, 0.25) is 18.2 Å². The van der Waals surface area contributed by atoms with E-state index < -0.39 is 0 Å². The third kappa shape index (κ3) is 14.5. The highest BCUT2D eigenvalue weighted by Gasteiger charge is 2.21. The molecule has 0 bridgehead atoms. The number of carbonyl (C=O) groups is 4. The van der Waals surface area contributed by atoms with Gasteiger partial charge in [0.25, 0.3) is 0 Å². The van der Waals surface area contributed by atoms with Gasteiger partial charge in [0.1, 0.15) is 0 Å². The summed E-state index contributed by atoms with van der Waals surface area (Å²) >= 11 is 0. The molecule has 10 heteroatoms. The monoisotopic (exact) mass is 592 g/mol. The van der Waals surface area contributed by atoms with Crippen molar-refractivity contribution in [3.63, 3.8) is 0 Å². The Bertz CT molecular complexity index is 1160. The topological polar surface area (TPSA) is 160 Å². The highest BCUT2D eigenvalue weighted by Crippen LogP contribution is 2.22. The lowest BCUT2D eigenvalue weighted by Crippen LogP contribution is -2.36. The zero-order chi connectivity index (χ0) is 31.3. The molecule has 2 aliphatic rings. The van der Waals surface area contributed by atoms with Crippen LogP contribution in [0.4, 0.5) is 0 Å². The van der Waals surface area contributed by atoms with Gasteiger partial charge in [-0.3, -0.25) is 24.2 Å². The summed E-state index contributed by atoms with van der Waals surface area (Å²) in [5.41, 5.74) is 13.2. The van der Waals surface area contributed by atoms with Crippen LogP contribution in [0, 0.1) is 5.92 Å². The van der Waals surface area contributed by atoms with Crippen molar-refractivity contribution in [2.45, 2.75) is 71.3 Å². The van der Waals surface area contributed by atoms with Crippen molar-refractivity contribution in [3.05, 3.63) is 71.3 Å². The molecule has 4 rings (SSSR count). The van der Waals surface area contributed by atoms with E-state index in [-0.39, 0.29) is 42.9 Å². The lowest BCUT2D eigenvalue weighted by atomic mass is 9.89. The maximum Gasteiger partial charge on any atom is 0.239 e. The summed E-state index contributed by atoms with van der Waals surface area (Å²) in [6.45, 7) is 5.02. The van der Waals surface area contributed by atoms with Crippen LogP contribution in [0.25, 0.3) is 0 Å². The maximum absolute atomic E-state index is 12.3. The predicted octanol–water partition coefficient (Wildman–Crippen LogP) is 3.33. The Hall–Kier alpha value is -4.21. The molecule has 234 valence electrons. The van der Waals surface area contributed by atoms with Crippen LogP contribution in [-0.4, -0.2) is 61.0 Å². The van der Waals surface area contributed by atoms with Crippen LogP contribution < -0.4 is 22.1 Å². The fraction of sp³-hybridized carbons (Fsp3) is 0.485. The van der Waals surface area contributed by atoms with E-state index in [0.29, 0.717) is 24.4 Å². The van der Waals surface area contributed by atoms with Gasteiger partial charge in [-0.2, -0.15) is 0 Å². The van der Waals surface area contributed by atoms with Gasteiger partial charge >= 0.3 is 0 Å². The number of aliphatic imine (C=N–C) groups is 1. The van der Waals surface area contributed by atoms with Crippen molar-refractivity contribution >= 4 is 30.0 Å². The minimum absolute atomic E-state index is 0.0337. The number of nitrogens with two attached hydrogens (primary N) is 2. The van der Waals surface area contributed by atoms with Crippen molar-refractivity contribution in [1.29, 1.82) is 0 Å². The average molecular weight is 593 g/mol. The van der Waals surface area contributed by atoms with E-state index in [1.165, 1.54) is 43.2 Å². The molecule has 1 aliphatic carbocycles. The predicted molar refractivity (Wildman–Crippen MR) is 170 cm³/mol. The fourth-order valence-electron chi connectivity index (χ4n) is 4.94. The van der Waals surface area contributed by atoms with Crippen molar-refractivity contribution in [2.75, 3.05) is 26.2 Å². The summed E-state index contributed by atoms with van der Waals surface area (Å²) in [6.07, 6.45) is 9.35. The van der Waals surface area contributed by atoms with Crippen molar-refractivity contribution < 1.29 is 19.2 Å². The lowest BCUT2D eigenvalue weighted by molar-refractivity contribution is -0.132. The standard InChI is InChI=1S/C19H19NO2.C10H18N2O2.C4H11N3/c21-18(16-7-2-1-3-8-16)10-11-19(22)20-13-12-15-6-4-5-9-17(15)14-20;13-8-11-7-10(14)12-6-9-4-2-1-3-5-9;1-2-3-7-4(5)6/h1-9H,10-14H2;8-9H,1-7H2,(H,11,13)(H,12,14);2-3H2,1H3,(H4,5,6,7). The number of benzene rings is 2. The smallest absolute Gasteiger partial charge is 0.239 e. The molecule has 0 radical (unpaired) electrons. The molecule has 1 heterocycles. The van der Waals surface area contributed by atoms with Gasteiger partial charge in [0, 0.05) is 44.6 Å². The molecule has 1 aliphatic heterocycles. The number of hydrogen-bond donors (Lipinski definition) is 4. The first-order valence-electron chi connectivity index (χ1n) is 15.3. The Morgan fingerprint density at radius 2 is 1.63 bits per heavy atom. The van der Waals surface area contributed by atoms with E-state index in [9.17, 15) is 19.2 Å². The van der Waals surface area contributed by atoms with Crippen LogP contribution in [0.15, 0.2) is 59.6 Å². The van der Waals surface area contributed by atoms with Gasteiger partial charge in [-0.25, -0.2) is 0 Å². The molecule has 3 amide bonds. The zero-order valence-corrected chi connectivity index (χ0v) is 25.4. The SMILES string of the molecule is CCCN=C(N)N.O=C(CCC(=O)N1CCc2ccccc2C1)c1ccccc1.O=CNCC(=O)NCC1CCCCC1. The summed E-state index contributed by atoms with van der Waals surface area (Å²) in [6, 6.07) is 17.4. The number of nitrogens with one attached hydrogen (secondary N) is 2. The Morgan fingerprint density at radius 1 is 0.953 bits per heavy atom. The molecule has 6 N–H and O–H groups in total. The number of hydrogen-bond acceptors (Lipinski definition) is 5. The maximum atomic E-state index is 12.3. The minimum atomic E-state index is -0.0947. The zero-order valence-electron chi connectivity index (χ0n) is 25.4. The molecule has 43 heavy (non-hydrogen) atoms. The molecule has 0 saturated heterocycles. The van der Waals surface area contributed by atoms with E-state index in [4.69, 9.17) is 11.5 Å². The second-order valence-corrected chi connectivity index (χ2v) is 10.7. The van der Waals surface area contributed by atoms with Crippen LogP contribution in [0.3, 0.4) is 0 Å². The average Bonchev–Trinajstić information content (AvgIpc) is 3.05. The molecule has 1 saturated carbocycles. The third-order valence-corrected chi connectivity index (χ3v) is 7.32. The largest absolute Gasteiger partial charge is 0.370 e. The molecule has 0 aromatic heterocycles. The van der Waals surface area contributed by atoms with Gasteiger partial charge in [0.15, 0.2) is 11.7 Å². The number of ketones is 1. The number of carbonyl (C=O) groups excluding carboxylic acids is 4. The van der Waals surface area contributed by atoms with Gasteiger partial charge in [-0.15, -0.1) is 0 Å². The van der Waals surface area contributed by atoms with Gasteiger partial charge in [-0.1, -0.05) is 80.8 Å². The van der Waals surface area contributed by atoms with E-state index in [1.807, 2.05) is 42.2 Å². The van der Waals surface area contributed by atoms with Gasteiger partial charge in [-0.05, 0) is 42.7 Å². The molecule has 10 nitrogen and oxygen atoms in total. The van der Waals surface area contributed by atoms with Gasteiger partial charge < -0.3 is 27.0 Å². The van der Waals surface area contributed by atoms with E-state index in [0.717, 1.165) is 32.5 Å².